The fourth-order valence-corrected chi connectivity index (χ4v) is 6.00. The van der Waals surface area contributed by atoms with Gasteiger partial charge < -0.3 is 15.5 Å². The molecule has 1 heterocycles. The molecule has 42 heavy (non-hydrogen) atoms. The number of carbonyl (C=O) groups is 2. The van der Waals surface area contributed by atoms with Crippen LogP contribution in [0.5, 0.6) is 0 Å². The van der Waals surface area contributed by atoms with E-state index in [1.165, 1.54) is 5.56 Å². The molecule has 1 atom stereocenters. The summed E-state index contributed by atoms with van der Waals surface area (Å²) in [6.45, 7) is 5.81. The molecule has 5 heteroatoms. The van der Waals surface area contributed by atoms with Crippen molar-refractivity contribution < 1.29 is 9.59 Å². The summed E-state index contributed by atoms with van der Waals surface area (Å²) in [6, 6.07) is 36.6. The first kappa shape index (κ1) is 29.1. The second-order valence-corrected chi connectivity index (χ2v) is 11.5. The lowest BCUT2D eigenvalue weighted by atomic mass is 9.79. The summed E-state index contributed by atoms with van der Waals surface area (Å²) in [7, 11) is 0. The number of benzene rings is 4. The number of aryl methyl sites for hydroxylation is 2. The van der Waals surface area contributed by atoms with Crippen molar-refractivity contribution in [2.45, 2.75) is 51.5 Å². The summed E-state index contributed by atoms with van der Waals surface area (Å²) in [4.78, 5) is 28.8. The molecule has 1 saturated heterocycles. The number of anilines is 2. The third kappa shape index (κ3) is 7.47. The normalized spacial score (nSPS) is 14.4. The van der Waals surface area contributed by atoms with Gasteiger partial charge in [0.05, 0.1) is 5.92 Å². The number of carbonyl (C=O) groups excluding carboxylic acids is 2. The van der Waals surface area contributed by atoms with Crippen LogP contribution in [0.2, 0.25) is 0 Å². The van der Waals surface area contributed by atoms with Crippen LogP contribution in [-0.4, -0.2) is 30.9 Å². The Morgan fingerprint density at radius 3 is 2.05 bits per heavy atom. The maximum atomic E-state index is 13.2. The molecule has 1 fully saturated rings. The SMILES string of the molecule is CC(C)NC(=O)C(c1ccccc1)C1CCN(c2ccc(NC(=O)c3ccccc3CCc3ccccc3)cc2)CC1. The first-order chi connectivity index (χ1) is 20.5. The Morgan fingerprint density at radius 2 is 1.38 bits per heavy atom. The largest absolute Gasteiger partial charge is 0.372 e. The summed E-state index contributed by atoms with van der Waals surface area (Å²) in [5.41, 5.74) is 6.05. The van der Waals surface area contributed by atoms with Crippen LogP contribution in [0.25, 0.3) is 0 Å². The first-order valence-corrected chi connectivity index (χ1v) is 15.1. The Morgan fingerprint density at radius 1 is 0.762 bits per heavy atom. The number of hydrogen-bond acceptors (Lipinski definition) is 3. The molecule has 5 nitrogen and oxygen atoms in total. The highest BCUT2D eigenvalue weighted by Crippen LogP contribution is 2.35. The lowest BCUT2D eigenvalue weighted by Crippen LogP contribution is -2.42. The standard InChI is InChI=1S/C37H41N3O2/c1-27(2)38-37(42)35(30-14-7-4-8-15-30)31-23-25-40(26-24-31)33-21-19-32(20-22-33)39-36(41)34-16-10-9-13-29(34)18-17-28-11-5-3-6-12-28/h3-16,19-22,27,31,35H,17-18,23-26H2,1-2H3,(H,38,42)(H,39,41). The molecule has 4 aromatic carbocycles. The maximum absolute atomic E-state index is 13.2. The van der Waals surface area contributed by atoms with E-state index in [9.17, 15) is 9.59 Å². The molecule has 0 aromatic heterocycles. The molecule has 0 bridgehead atoms. The minimum Gasteiger partial charge on any atom is -0.372 e. The van der Waals surface area contributed by atoms with Gasteiger partial charge in [0.15, 0.2) is 0 Å². The Balaban J connectivity index is 1.19. The van der Waals surface area contributed by atoms with E-state index in [1.54, 1.807) is 0 Å². The van der Waals surface area contributed by atoms with Crippen molar-refractivity contribution in [1.29, 1.82) is 0 Å². The van der Waals surface area contributed by atoms with Crippen LogP contribution in [0.4, 0.5) is 11.4 Å². The van der Waals surface area contributed by atoms with Crippen LogP contribution in [0.3, 0.4) is 0 Å². The quantitative estimate of drug-likeness (QED) is 0.215. The van der Waals surface area contributed by atoms with E-state index >= 15 is 0 Å². The van der Waals surface area contributed by atoms with Crippen molar-refractivity contribution in [2.24, 2.45) is 5.92 Å². The molecule has 1 unspecified atom stereocenters. The van der Waals surface area contributed by atoms with Gasteiger partial charge in [-0.3, -0.25) is 9.59 Å². The minimum absolute atomic E-state index is 0.0844. The summed E-state index contributed by atoms with van der Waals surface area (Å²) in [6.07, 6.45) is 3.60. The molecule has 216 valence electrons. The highest BCUT2D eigenvalue weighted by molar-refractivity contribution is 6.05. The Bertz CT molecular complexity index is 1440. The van der Waals surface area contributed by atoms with E-state index in [0.717, 1.165) is 61.3 Å². The van der Waals surface area contributed by atoms with Crippen molar-refractivity contribution in [3.63, 3.8) is 0 Å². The number of nitrogens with zero attached hydrogens (tertiary/aromatic N) is 1. The van der Waals surface area contributed by atoms with Gasteiger partial charge in [-0.2, -0.15) is 0 Å². The highest BCUT2D eigenvalue weighted by Gasteiger charge is 2.33. The van der Waals surface area contributed by atoms with Gasteiger partial charge in [-0.15, -0.1) is 0 Å². The Labute approximate surface area is 250 Å². The second kappa shape index (κ2) is 14.0. The monoisotopic (exact) mass is 559 g/mol. The van der Waals surface area contributed by atoms with E-state index in [4.69, 9.17) is 0 Å². The molecule has 0 radical (unpaired) electrons. The van der Waals surface area contributed by atoms with E-state index in [1.807, 2.05) is 86.6 Å². The summed E-state index contributed by atoms with van der Waals surface area (Å²) < 4.78 is 0. The van der Waals surface area contributed by atoms with Gasteiger partial charge in [0, 0.05) is 36.1 Å². The number of hydrogen-bond donors (Lipinski definition) is 2. The van der Waals surface area contributed by atoms with Crippen molar-refractivity contribution in [3.05, 3.63) is 131 Å². The number of amides is 2. The maximum Gasteiger partial charge on any atom is 0.255 e. The minimum atomic E-state index is -0.135. The topological polar surface area (TPSA) is 61.4 Å². The molecule has 0 spiro atoms. The zero-order valence-corrected chi connectivity index (χ0v) is 24.6. The Hall–Kier alpha value is -4.38. The van der Waals surface area contributed by atoms with Crippen molar-refractivity contribution >= 4 is 23.2 Å². The predicted molar refractivity (Wildman–Crippen MR) is 172 cm³/mol. The van der Waals surface area contributed by atoms with Crippen molar-refractivity contribution in [3.8, 4) is 0 Å². The average Bonchev–Trinajstić information content (AvgIpc) is 3.02. The summed E-state index contributed by atoms with van der Waals surface area (Å²) in [5, 5.41) is 6.24. The average molecular weight is 560 g/mol. The van der Waals surface area contributed by atoms with Crippen molar-refractivity contribution in [2.75, 3.05) is 23.3 Å². The molecule has 2 N–H and O–H groups in total. The zero-order valence-electron chi connectivity index (χ0n) is 24.6. The van der Waals surface area contributed by atoms with Gasteiger partial charge in [-0.05, 0) is 92.5 Å². The molecular weight excluding hydrogens is 518 g/mol. The number of rotatable bonds is 10. The molecule has 2 amide bonds. The fourth-order valence-electron chi connectivity index (χ4n) is 6.00. The van der Waals surface area contributed by atoms with Crippen LogP contribution < -0.4 is 15.5 Å². The lowest BCUT2D eigenvalue weighted by Gasteiger charge is -2.37. The summed E-state index contributed by atoms with van der Waals surface area (Å²) in [5.74, 6) is 0.196. The van der Waals surface area contributed by atoms with Gasteiger partial charge in [0.25, 0.3) is 5.91 Å². The van der Waals surface area contributed by atoms with Crippen LogP contribution in [0.15, 0.2) is 109 Å². The predicted octanol–water partition coefficient (Wildman–Crippen LogP) is 7.25. The molecular formula is C37H41N3O2. The van der Waals surface area contributed by atoms with E-state index in [0.29, 0.717) is 11.5 Å². The first-order valence-electron chi connectivity index (χ1n) is 15.1. The van der Waals surface area contributed by atoms with Crippen LogP contribution >= 0.6 is 0 Å². The number of nitrogens with one attached hydrogen (secondary N) is 2. The van der Waals surface area contributed by atoms with Crippen LogP contribution in [-0.2, 0) is 17.6 Å². The van der Waals surface area contributed by atoms with Gasteiger partial charge in [0.2, 0.25) is 5.91 Å². The summed E-state index contributed by atoms with van der Waals surface area (Å²) >= 11 is 0. The van der Waals surface area contributed by atoms with E-state index in [2.05, 4.69) is 51.9 Å². The molecule has 5 rings (SSSR count). The smallest absolute Gasteiger partial charge is 0.255 e. The Kier molecular flexibility index (Phi) is 9.70. The van der Waals surface area contributed by atoms with Crippen molar-refractivity contribution in [1.82, 2.24) is 5.32 Å². The van der Waals surface area contributed by atoms with Gasteiger partial charge in [-0.25, -0.2) is 0 Å². The van der Waals surface area contributed by atoms with E-state index < -0.39 is 0 Å². The highest BCUT2D eigenvalue weighted by atomic mass is 16.2. The number of piperidine rings is 1. The molecule has 4 aromatic rings. The van der Waals surface area contributed by atoms with Crippen LogP contribution in [0.1, 0.15) is 59.7 Å². The van der Waals surface area contributed by atoms with Gasteiger partial charge in [-0.1, -0.05) is 78.9 Å². The molecule has 1 aliphatic heterocycles. The third-order valence-electron chi connectivity index (χ3n) is 8.16. The zero-order chi connectivity index (χ0) is 29.3. The molecule has 1 aliphatic rings. The third-order valence-corrected chi connectivity index (χ3v) is 8.16. The van der Waals surface area contributed by atoms with E-state index in [-0.39, 0.29) is 23.8 Å². The second-order valence-electron chi connectivity index (χ2n) is 11.5. The van der Waals surface area contributed by atoms with Gasteiger partial charge in [0.1, 0.15) is 0 Å². The van der Waals surface area contributed by atoms with Gasteiger partial charge >= 0.3 is 0 Å². The molecule has 0 aliphatic carbocycles. The fraction of sp³-hybridized carbons (Fsp3) is 0.297. The van der Waals surface area contributed by atoms with Crippen LogP contribution in [0, 0.1) is 5.92 Å². The molecule has 0 saturated carbocycles. The lowest BCUT2D eigenvalue weighted by molar-refractivity contribution is -0.124.